The highest BCUT2D eigenvalue weighted by atomic mass is 16.6. The molecular formula is C29H34N8O6. The number of rotatable bonds is 6. The van der Waals surface area contributed by atoms with Crippen molar-refractivity contribution in [1.82, 2.24) is 25.3 Å². The van der Waals surface area contributed by atoms with Crippen LogP contribution >= 0.6 is 0 Å². The van der Waals surface area contributed by atoms with Crippen molar-refractivity contribution >= 4 is 40.8 Å². The zero-order chi connectivity index (χ0) is 30.1. The molecule has 0 spiro atoms. The number of carbonyl (C=O) groups excluding carboxylic acids is 2. The van der Waals surface area contributed by atoms with Gasteiger partial charge in [0.25, 0.3) is 11.9 Å². The quantitative estimate of drug-likeness (QED) is 0.335. The highest BCUT2D eigenvalue weighted by Crippen LogP contribution is 2.33. The fourth-order valence-electron chi connectivity index (χ4n) is 4.99. The van der Waals surface area contributed by atoms with E-state index in [0.29, 0.717) is 86.0 Å². The molecule has 2 fully saturated rings. The molecule has 6 rings (SSSR count). The Kier molecular flexibility index (Phi) is 7.61. The number of oxazole rings is 2. The number of amides is 2. The average molecular weight is 591 g/mol. The van der Waals surface area contributed by atoms with Crippen LogP contribution in [0.25, 0.3) is 22.7 Å². The molecule has 0 aromatic carbocycles. The van der Waals surface area contributed by atoms with Gasteiger partial charge < -0.3 is 38.7 Å². The Morgan fingerprint density at radius 3 is 2.65 bits per heavy atom. The molecule has 2 saturated heterocycles. The SMILES string of the molecule is Cc1cc(-c2nc(C(=O)Nc3cc4oc(N5CCOCC5)nc4nc3N3CC[C@@H](NC(=O)OC(C)(C)C)C3)co2)ccn1. The average Bonchev–Trinajstić information content (AvgIpc) is 3.72. The number of aryl methyl sites for hydroxylation is 1. The predicted molar refractivity (Wildman–Crippen MR) is 157 cm³/mol. The van der Waals surface area contributed by atoms with Crippen LogP contribution in [0.3, 0.4) is 0 Å². The van der Waals surface area contributed by atoms with E-state index in [1.54, 1.807) is 18.3 Å². The summed E-state index contributed by atoms with van der Waals surface area (Å²) in [4.78, 5) is 47.8. The van der Waals surface area contributed by atoms with Gasteiger partial charge in [0.2, 0.25) is 11.5 Å². The Labute approximate surface area is 247 Å². The van der Waals surface area contributed by atoms with Crippen molar-refractivity contribution < 1.29 is 27.9 Å². The summed E-state index contributed by atoms with van der Waals surface area (Å²) in [5.41, 5.74) is 2.28. The highest BCUT2D eigenvalue weighted by Gasteiger charge is 2.30. The van der Waals surface area contributed by atoms with Gasteiger partial charge in [-0.25, -0.2) is 14.8 Å². The third kappa shape index (κ3) is 6.53. The van der Waals surface area contributed by atoms with E-state index in [1.807, 2.05) is 43.6 Å². The van der Waals surface area contributed by atoms with E-state index >= 15 is 0 Å². The van der Waals surface area contributed by atoms with Crippen LogP contribution in [-0.4, -0.2) is 83.0 Å². The molecule has 2 aliphatic rings. The standard InChI is InChI=1S/C29H34N8O6/c1-17-13-18(5-7-30-17)26-33-21(16-41-26)25(38)32-20-14-22-23(35-27(42-22)36-9-11-40-12-10-36)34-24(20)37-8-6-19(15-37)31-28(39)43-29(2,3)4/h5,7,13-14,16,19H,6,8-12,15H2,1-4H3,(H,31,39)(H,32,38)/t19-/m1/s1. The van der Waals surface area contributed by atoms with Crippen LogP contribution < -0.4 is 20.4 Å². The minimum absolute atomic E-state index is 0.105. The van der Waals surface area contributed by atoms with Crippen molar-refractivity contribution in [2.45, 2.75) is 45.8 Å². The zero-order valence-corrected chi connectivity index (χ0v) is 24.5. The molecule has 43 heavy (non-hydrogen) atoms. The fraction of sp³-hybridized carbons (Fsp3) is 0.448. The number of morpholine rings is 1. The Hall–Kier alpha value is -4.72. The highest BCUT2D eigenvalue weighted by molar-refractivity contribution is 6.05. The lowest BCUT2D eigenvalue weighted by Gasteiger charge is -2.24. The second-order valence-electron chi connectivity index (χ2n) is 11.5. The van der Waals surface area contributed by atoms with Crippen LogP contribution in [0.5, 0.6) is 0 Å². The first-order valence-electron chi connectivity index (χ1n) is 14.2. The van der Waals surface area contributed by atoms with Gasteiger partial charge in [0, 0.05) is 49.7 Å². The van der Waals surface area contributed by atoms with E-state index in [1.165, 1.54) is 6.26 Å². The lowest BCUT2D eigenvalue weighted by atomic mass is 10.2. The van der Waals surface area contributed by atoms with Crippen LogP contribution in [0, 0.1) is 6.92 Å². The maximum atomic E-state index is 13.4. The molecule has 4 aromatic heterocycles. The summed E-state index contributed by atoms with van der Waals surface area (Å²) in [6.07, 6.45) is 3.16. The molecule has 0 saturated carbocycles. The summed E-state index contributed by atoms with van der Waals surface area (Å²) >= 11 is 0. The number of ether oxygens (including phenoxy) is 2. The molecule has 2 aliphatic heterocycles. The van der Waals surface area contributed by atoms with Gasteiger partial charge >= 0.3 is 6.09 Å². The van der Waals surface area contributed by atoms with E-state index < -0.39 is 17.6 Å². The van der Waals surface area contributed by atoms with Gasteiger partial charge in [-0.2, -0.15) is 4.98 Å². The van der Waals surface area contributed by atoms with Crippen molar-refractivity contribution in [2.75, 3.05) is 54.5 Å². The number of nitrogens with zero attached hydrogens (tertiary/aromatic N) is 6. The lowest BCUT2D eigenvalue weighted by Crippen LogP contribution is -2.40. The lowest BCUT2D eigenvalue weighted by molar-refractivity contribution is 0.0508. The molecule has 0 bridgehead atoms. The van der Waals surface area contributed by atoms with Gasteiger partial charge in [0.05, 0.1) is 24.9 Å². The number of hydrogen-bond donors (Lipinski definition) is 2. The van der Waals surface area contributed by atoms with Gasteiger partial charge in [0.15, 0.2) is 17.1 Å². The first-order chi connectivity index (χ1) is 20.6. The molecule has 2 N–H and O–H groups in total. The monoisotopic (exact) mass is 590 g/mol. The molecule has 0 unspecified atom stereocenters. The van der Waals surface area contributed by atoms with E-state index in [4.69, 9.17) is 23.3 Å². The second kappa shape index (κ2) is 11.5. The third-order valence-electron chi connectivity index (χ3n) is 6.97. The van der Waals surface area contributed by atoms with E-state index in [2.05, 4.69) is 25.6 Å². The number of aromatic nitrogens is 4. The molecule has 0 aliphatic carbocycles. The second-order valence-corrected chi connectivity index (χ2v) is 11.5. The van der Waals surface area contributed by atoms with Crippen LogP contribution in [-0.2, 0) is 9.47 Å². The molecular weight excluding hydrogens is 556 g/mol. The Morgan fingerprint density at radius 1 is 1.07 bits per heavy atom. The van der Waals surface area contributed by atoms with Crippen LogP contribution in [0.1, 0.15) is 43.4 Å². The van der Waals surface area contributed by atoms with E-state index in [9.17, 15) is 9.59 Å². The molecule has 1 atom stereocenters. The summed E-state index contributed by atoms with van der Waals surface area (Å²) < 4.78 is 22.5. The van der Waals surface area contributed by atoms with Gasteiger partial charge in [-0.05, 0) is 46.2 Å². The zero-order valence-electron chi connectivity index (χ0n) is 24.5. The number of fused-ring (bicyclic) bond motifs is 1. The molecule has 0 radical (unpaired) electrons. The summed E-state index contributed by atoms with van der Waals surface area (Å²) in [5.74, 6) is 0.341. The first-order valence-corrected chi connectivity index (χ1v) is 14.2. The molecule has 4 aromatic rings. The summed E-state index contributed by atoms with van der Waals surface area (Å²) in [5, 5.41) is 5.87. The number of alkyl carbamates (subject to hydrolysis) is 1. The number of anilines is 3. The van der Waals surface area contributed by atoms with Gasteiger partial charge in [-0.3, -0.25) is 9.78 Å². The van der Waals surface area contributed by atoms with Crippen LogP contribution in [0.15, 0.2) is 39.5 Å². The van der Waals surface area contributed by atoms with Crippen molar-refractivity contribution in [1.29, 1.82) is 0 Å². The van der Waals surface area contributed by atoms with Gasteiger partial charge in [0.1, 0.15) is 11.9 Å². The normalized spacial score (nSPS) is 17.3. The van der Waals surface area contributed by atoms with E-state index in [0.717, 1.165) is 5.69 Å². The molecule has 6 heterocycles. The van der Waals surface area contributed by atoms with Crippen molar-refractivity contribution in [2.24, 2.45) is 0 Å². The summed E-state index contributed by atoms with van der Waals surface area (Å²) in [7, 11) is 0. The molecule has 14 nitrogen and oxygen atoms in total. The summed E-state index contributed by atoms with van der Waals surface area (Å²) in [6, 6.07) is 5.59. The topological polar surface area (TPSA) is 161 Å². The number of hydrogen-bond acceptors (Lipinski definition) is 12. The minimum atomic E-state index is -0.602. The molecule has 2 amide bonds. The van der Waals surface area contributed by atoms with Crippen molar-refractivity contribution in [3.05, 3.63) is 42.0 Å². The maximum Gasteiger partial charge on any atom is 0.407 e. The van der Waals surface area contributed by atoms with Crippen molar-refractivity contribution in [3.63, 3.8) is 0 Å². The Morgan fingerprint density at radius 2 is 1.88 bits per heavy atom. The maximum absolute atomic E-state index is 13.4. The van der Waals surface area contributed by atoms with Crippen LogP contribution in [0.2, 0.25) is 0 Å². The smallest absolute Gasteiger partial charge is 0.407 e. The largest absolute Gasteiger partial charge is 0.444 e. The molecule has 14 heteroatoms. The third-order valence-corrected chi connectivity index (χ3v) is 6.97. The molecule has 226 valence electrons. The van der Waals surface area contributed by atoms with E-state index in [-0.39, 0.29) is 11.7 Å². The first kappa shape index (κ1) is 28.4. The summed E-state index contributed by atoms with van der Waals surface area (Å²) in [6.45, 7) is 10.8. The fourth-order valence-corrected chi connectivity index (χ4v) is 4.99. The Balaban J connectivity index is 1.27. The Bertz CT molecular complexity index is 1640. The van der Waals surface area contributed by atoms with Crippen molar-refractivity contribution in [3.8, 4) is 11.5 Å². The van der Waals surface area contributed by atoms with Crippen LogP contribution in [0.4, 0.5) is 22.3 Å². The van der Waals surface area contributed by atoms with Gasteiger partial charge in [-0.1, -0.05) is 0 Å². The number of nitrogens with one attached hydrogen (secondary N) is 2. The number of carbonyl (C=O) groups is 2. The minimum Gasteiger partial charge on any atom is -0.444 e. The number of pyridine rings is 2. The van der Waals surface area contributed by atoms with Gasteiger partial charge in [-0.15, -0.1) is 0 Å². The predicted octanol–water partition coefficient (Wildman–Crippen LogP) is 3.77.